The number of hydrogen-bond donors (Lipinski definition) is 1. The fourth-order valence-electron chi connectivity index (χ4n) is 4.21. The normalized spacial score (nSPS) is 27.9. The Balaban J connectivity index is 0.00000261. The number of halogens is 1. The third kappa shape index (κ3) is 4.40. The molecule has 27 heavy (non-hydrogen) atoms. The Kier molecular flexibility index (Phi) is 7.15. The van der Waals surface area contributed by atoms with Crippen LogP contribution in [0.1, 0.15) is 36.0 Å². The van der Waals surface area contributed by atoms with Gasteiger partial charge < -0.3 is 10.0 Å². The molecule has 0 aliphatic heterocycles. The number of ketones is 2. The van der Waals surface area contributed by atoms with Crippen molar-refractivity contribution in [3.8, 4) is 0 Å². The van der Waals surface area contributed by atoms with E-state index in [1.165, 1.54) is 0 Å². The number of rotatable bonds is 5. The van der Waals surface area contributed by atoms with Crippen molar-refractivity contribution in [3.05, 3.63) is 59.7 Å². The number of hydrogen-bond acceptors (Lipinski definition) is 4. The lowest BCUT2D eigenvalue weighted by Gasteiger charge is -2.43. The summed E-state index contributed by atoms with van der Waals surface area (Å²) in [5, 5.41) is 11.5. The maximum Gasteiger partial charge on any atom is 0.177 e. The molecule has 0 heterocycles. The first-order valence-electron chi connectivity index (χ1n) is 9.33. The van der Waals surface area contributed by atoms with Crippen LogP contribution < -0.4 is 0 Å². The standard InChI is InChI=1S/C22H27NO3.ClH/c1-23(2)15-17-11-6-7-14-22(17,26)19-13-8-12-18(21(19)25)20(24)16-9-4-3-5-10-16;/h3-5,8-10,12-13,17-18,26H,6-7,11,14-15H2,1-2H3;1H/t17-,18?,22-;/m0./s1. The van der Waals surface area contributed by atoms with Crippen LogP contribution in [0.2, 0.25) is 0 Å². The van der Waals surface area contributed by atoms with Crippen molar-refractivity contribution < 1.29 is 14.7 Å². The predicted octanol–water partition coefficient (Wildman–Crippen LogP) is 3.46. The van der Waals surface area contributed by atoms with Crippen LogP contribution in [0.3, 0.4) is 0 Å². The maximum atomic E-state index is 13.2. The van der Waals surface area contributed by atoms with Crippen LogP contribution in [-0.4, -0.2) is 47.8 Å². The highest BCUT2D eigenvalue weighted by molar-refractivity contribution is 6.18. The van der Waals surface area contributed by atoms with Gasteiger partial charge in [-0.3, -0.25) is 9.59 Å². The summed E-state index contributed by atoms with van der Waals surface area (Å²) in [4.78, 5) is 28.0. The van der Waals surface area contributed by atoms with E-state index in [0.29, 0.717) is 17.6 Å². The van der Waals surface area contributed by atoms with Gasteiger partial charge in [-0.05, 0) is 26.9 Å². The van der Waals surface area contributed by atoms with E-state index < -0.39 is 11.5 Å². The predicted molar refractivity (Wildman–Crippen MR) is 109 cm³/mol. The highest BCUT2D eigenvalue weighted by Crippen LogP contribution is 2.41. The zero-order valence-corrected chi connectivity index (χ0v) is 16.7. The molecule has 1 saturated carbocycles. The van der Waals surface area contributed by atoms with E-state index in [4.69, 9.17) is 0 Å². The first-order chi connectivity index (χ1) is 12.4. The smallest absolute Gasteiger partial charge is 0.177 e. The van der Waals surface area contributed by atoms with Crippen molar-refractivity contribution in [1.29, 1.82) is 0 Å². The van der Waals surface area contributed by atoms with Gasteiger partial charge in [-0.1, -0.05) is 61.4 Å². The van der Waals surface area contributed by atoms with E-state index in [9.17, 15) is 14.7 Å². The molecule has 4 nitrogen and oxygen atoms in total. The average Bonchev–Trinajstić information content (AvgIpc) is 2.64. The van der Waals surface area contributed by atoms with Crippen molar-refractivity contribution in [2.45, 2.75) is 31.3 Å². The van der Waals surface area contributed by atoms with E-state index >= 15 is 0 Å². The monoisotopic (exact) mass is 389 g/mol. The summed E-state index contributed by atoms with van der Waals surface area (Å²) in [5.74, 6) is -1.31. The van der Waals surface area contributed by atoms with Crippen LogP contribution in [0.15, 0.2) is 54.1 Å². The quantitative estimate of drug-likeness (QED) is 0.619. The number of aliphatic hydroxyl groups is 1. The summed E-state index contributed by atoms with van der Waals surface area (Å²) in [6.07, 6.45) is 8.53. The molecule has 0 spiro atoms. The minimum absolute atomic E-state index is 0. The molecule has 0 aromatic heterocycles. The molecule has 1 fully saturated rings. The Labute approximate surface area is 167 Å². The summed E-state index contributed by atoms with van der Waals surface area (Å²) in [6.45, 7) is 0.724. The molecule has 0 saturated heterocycles. The first kappa shape index (κ1) is 21.5. The Morgan fingerprint density at radius 1 is 1.22 bits per heavy atom. The molecule has 0 radical (unpaired) electrons. The molecule has 3 rings (SSSR count). The van der Waals surface area contributed by atoms with Gasteiger partial charge in [0, 0.05) is 23.6 Å². The average molecular weight is 390 g/mol. The maximum absolute atomic E-state index is 13.2. The largest absolute Gasteiger partial charge is 0.385 e. The van der Waals surface area contributed by atoms with Crippen molar-refractivity contribution in [2.24, 2.45) is 11.8 Å². The fourth-order valence-corrected chi connectivity index (χ4v) is 4.21. The second kappa shape index (κ2) is 8.96. The third-order valence-electron chi connectivity index (χ3n) is 5.54. The molecule has 2 aliphatic rings. The van der Waals surface area contributed by atoms with Gasteiger partial charge >= 0.3 is 0 Å². The van der Waals surface area contributed by atoms with Crippen molar-refractivity contribution in [3.63, 3.8) is 0 Å². The minimum Gasteiger partial charge on any atom is -0.385 e. The summed E-state index contributed by atoms with van der Waals surface area (Å²) >= 11 is 0. The van der Waals surface area contributed by atoms with Gasteiger partial charge in [-0.15, -0.1) is 12.4 Å². The Hall–Kier alpha value is -1.75. The number of benzene rings is 1. The molecule has 5 heteroatoms. The summed E-state index contributed by atoms with van der Waals surface area (Å²) in [6, 6.07) is 8.89. The third-order valence-corrected chi connectivity index (χ3v) is 5.54. The van der Waals surface area contributed by atoms with Gasteiger partial charge in [0.1, 0.15) is 5.92 Å². The van der Waals surface area contributed by atoms with Crippen LogP contribution in [0.4, 0.5) is 0 Å². The lowest BCUT2D eigenvalue weighted by Crippen LogP contribution is -2.50. The topological polar surface area (TPSA) is 57.6 Å². The molecule has 1 N–H and O–H groups in total. The molecule has 1 unspecified atom stereocenters. The van der Waals surface area contributed by atoms with Gasteiger partial charge in [0.05, 0.1) is 5.60 Å². The van der Waals surface area contributed by atoms with E-state index in [1.807, 2.05) is 20.2 Å². The molecule has 1 aromatic rings. The van der Waals surface area contributed by atoms with Crippen molar-refractivity contribution in [2.75, 3.05) is 20.6 Å². The molecular weight excluding hydrogens is 362 g/mol. The zero-order valence-electron chi connectivity index (χ0n) is 15.9. The van der Waals surface area contributed by atoms with E-state index in [2.05, 4.69) is 4.90 Å². The molecule has 2 aliphatic carbocycles. The van der Waals surface area contributed by atoms with E-state index in [-0.39, 0.29) is 29.9 Å². The molecule has 146 valence electrons. The van der Waals surface area contributed by atoms with Gasteiger partial charge in [-0.2, -0.15) is 0 Å². The number of carbonyl (C=O) groups is 2. The second-order valence-corrected chi connectivity index (χ2v) is 7.67. The SMILES string of the molecule is CN(C)C[C@@H]1CCCC[C@@]1(O)C1=CC=CC(C(=O)c2ccccc2)C1=O.Cl. The van der Waals surface area contributed by atoms with Crippen molar-refractivity contribution >= 4 is 24.0 Å². The summed E-state index contributed by atoms with van der Waals surface area (Å²) in [7, 11) is 3.96. The van der Waals surface area contributed by atoms with Crippen LogP contribution in [-0.2, 0) is 4.79 Å². The van der Waals surface area contributed by atoms with Crippen LogP contribution in [0.5, 0.6) is 0 Å². The first-order valence-corrected chi connectivity index (χ1v) is 9.33. The summed E-state index contributed by atoms with van der Waals surface area (Å²) in [5.41, 5.74) is -0.224. The summed E-state index contributed by atoms with van der Waals surface area (Å²) < 4.78 is 0. The number of Topliss-reactive ketones (excluding diaryl/α,β-unsaturated/α-hetero) is 2. The van der Waals surface area contributed by atoms with Gasteiger partial charge in [0.15, 0.2) is 11.6 Å². The van der Waals surface area contributed by atoms with Crippen LogP contribution >= 0.6 is 12.4 Å². The Morgan fingerprint density at radius 2 is 1.93 bits per heavy atom. The second-order valence-electron chi connectivity index (χ2n) is 7.67. The van der Waals surface area contributed by atoms with Crippen molar-refractivity contribution in [1.82, 2.24) is 4.90 Å². The molecular formula is C22H28ClNO3. The number of allylic oxidation sites excluding steroid dienone is 3. The van der Waals surface area contributed by atoms with E-state index in [0.717, 1.165) is 25.8 Å². The number of nitrogens with zero attached hydrogens (tertiary/aromatic N) is 1. The molecule has 0 bridgehead atoms. The highest BCUT2D eigenvalue weighted by Gasteiger charge is 2.47. The van der Waals surface area contributed by atoms with Crippen LogP contribution in [0.25, 0.3) is 0 Å². The van der Waals surface area contributed by atoms with Gasteiger partial charge in [0.25, 0.3) is 0 Å². The Morgan fingerprint density at radius 3 is 2.59 bits per heavy atom. The van der Waals surface area contributed by atoms with E-state index in [1.54, 1.807) is 42.5 Å². The molecule has 0 amide bonds. The number of carbonyl (C=O) groups excluding carboxylic acids is 2. The lowest BCUT2D eigenvalue weighted by atomic mass is 9.67. The minimum atomic E-state index is -1.15. The highest BCUT2D eigenvalue weighted by atomic mass is 35.5. The molecule has 1 aromatic carbocycles. The van der Waals surface area contributed by atoms with Gasteiger partial charge in [-0.25, -0.2) is 0 Å². The van der Waals surface area contributed by atoms with Gasteiger partial charge in [0.2, 0.25) is 0 Å². The Bertz CT molecular complexity index is 741. The lowest BCUT2D eigenvalue weighted by molar-refractivity contribution is -0.121. The van der Waals surface area contributed by atoms with Crippen LogP contribution in [0, 0.1) is 11.8 Å². The zero-order chi connectivity index (χ0) is 18.7. The fraction of sp³-hybridized carbons (Fsp3) is 0.455. The molecule has 3 atom stereocenters.